The number of nitrogens with one attached hydrogen (secondary N) is 2. The maximum atomic E-state index is 12.4. The fourth-order valence-electron chi connectivity index (χ4n) is 2.46. The summed E-state index contributed by atoms with van der Waals surface area (Å²) >= 11 is 0. The molecule has 0 atom stereocenters. The second-order valence-corrected chi connectivity index (χ2v) is 6.88. The van der Waals surface area contributed by atoms with Crippen molar-refractivity contribution in [2.45, 2.75) is 33.1 Å². The Morgan fingerprint density at radius 3 is 2.26 bits per heavy atom. The van der Waals surface area contributed by atoms with E-state index in [1.807, 2.05) is 36.4 Å². The first-order valence-electron chi connectivity index (χ1n) is 9.31. The molecule has 5 nitrogen and oxygen atoms in total. The monoisotopic (exact) mass is 368 g/mol. The van der Waals surface area contributed by atoms with E-state index in [0.29, 0.717) is 30.9 Å². The smallest absolute Gasteiger partial charge is 0.255 e. The molecule has 0 bridgehead atoms. The molecule has 0 radical (unpaired) electrons. The predicted molar refractivity (Wildman–Crippen MR) is 108 cm³/mol. The zero-order valence-electron chi connectivity index (χ0n) is 16.2. The number of rotatable bonds is 9. The lowest BCUT2D eigenvalue weighted by Gasteiger charge is -2.09. The zero-order valence-corrected chi connectivity index (χ0v) is 16.2. The van der Waals surface area contributed by atoms with Gasteiger partial charge in [0.1, 0.15) is 5.75 Å². The van der Waals surface area contributed by atoms with E-state index in [4.69, 9.17) is 4.74 Å². The van der Waals surface area contributed by atoms with Gasteiger partial charge in [0.05, 0.1) is 6.61 Å². The van der Waals surface area contributed by atoms with Gasteiger partial charge < -0.3 is 15.4 Å². The van der Waals surface area contributed by atoms with Gasteiger partial charge in [-0.2, -0.15) is 0 Å². The molecule has 0 aliphatic heterocycles. The van der Waals surface area contributed by atoms with Gasteiger partial charge in [-0.1, -0.05) is 26.0 Å². The third-order valence-corrected chi connectivity index (χ3v) is 4.21. The Kier molecular flexibility index (Phi) is 7.86. The summed E-state index contributed by atoms with van der Waals surface area (Å²) in [6.07, 6.45) is 2.13. The normalized spacial score (nSPS) is 10.5. The average Bonchev–Trinajstić information content (AvgIpc) is 2.67. The lowest BCUT2D eigenvalue weighted by atomic mass is 10.1. The molecule has 27 heavy (non-hydrogen) atoms. The number of benzene rings is 2. The van der Waals surface area contributed by atoms with Crippen LogP contribution in [0.2, 0.25) is 0 Å². The van der Waals surface area contributed by atoms with Gasteiger partial charge in [0.2, 0.25) is 5.91 Å². The molecular formula is C22H28N2O3. The third kappa shape index (κ3) is 7.13. The molecule has 2 aromatic carbocycles. The van der Waals surface area contributed by atoms with Gasteiger partial charge in [-0.25, -0.2) is 0 Å². The van der Waals surface area contributed by atoms with Gasteiger partial charge in [0.15, 0.2) is 0 Å². The fraction of sp³-hybridized carbons (Fsp3) is 0.364. The summed E-state index contributed by atoms with van der Waals surface area (Å²) in [7, 11) is 1.63. The summed E-state index contributed by atoms with van der Waals surface area (Å²) in [5.41, 5.74) is 2.36. The van der Waals surface area contributed by atoms with Crippen LogP contribution in [0.15, 0.2) is 48.5 Å². The largest absolute Gasteiger partial charge is 0.494 e. The van der Waals surface area contributed by atoms with Crippen molar-refractivity contribution in [2.24, 2.45) is 5.92 Å². The van der Waals surface area contributed by atoms with Crippen LogP contribution in [0.1, 0.15) is 42.6 Å². The molecule has 2 amide bonds. The number of carbonyl (C=O) groups is 2. The SMILES string of the molecule is CNC(=O)CCc1ccc(NC(=O)c2ccc(OCCC(C)C)cc2)cc1. The van der Waals surface area contributed by atoms with Crippen LogP contribution in [-0.4, -0.2) is 25.5 Å². The third-order valence-electron chi connectivity index (χ3n) is 4.21. The highest BCUT2D eigenvalue weighted by Crippen LogP contribution is 2.16. The summed E-state index contributed by atoms with van der Waals surface area (Å²) in [6.45, 7) is 4.99. The van der Waals surface area contributed by atoms with Gasteiger partial charge in [-0.3, -0.25) is 9.59 Å². The van der Waals surface area contributed by atoms with Crippen molar-refractivity contribution >= 4 is 17.5 Å². The number of amides is 2. The Morgan fingerprint density at radius 1 is 1.00 bits per heavy atom. The molecule has 0 fully saturated rings. The fourth-order valence-corrected chi connectivity index (χ4v) is 2.46. The van der Waals surface area contributed by atoms with Gasteiger partial charge in [0, 0.05) is 24.7 Å². The van der Waals surface area contributed by atoms with E-state index in [1.54, 1.807) is 19.2 Å². The van der Waals surface area contributed by atoms with Gasteiger partial charge in [0.25, 0.3) is 5.91 Å². The van der Waals surface area contributed by atoms with E-state index in [-0.39, 0.29) is 11.8 Å². The molecule has 2 rings (SSSR count). The highest BCUT2D eigenvalue weighted by molar-refractivity contribution is 6.04. The summed E-state index contributed by atoms with van der Waals surface area (Å²) < 4.78 is 5.67. The number of ether oxygens (including phenoxy) is 1. The standard InChI is InChI=1S/C22H28N2O3/c1-16(2)14-15-27-20-11-7-18(8-12-20)22(26)24-19-9-4-17(5-10-19)6-13-21(25)23-3/h4-5,7-12,16H,6,13-15H2,1-3H3,(H,23,25)(H,24,26). The van der Waals surface area contributed by atoms with Crippen LogP contribution in [0.4, 0.5) is 5.69 Å². The van der Waals surface area contributed by atoms with E-state index in [9.17, 15) is 9.59 Å². The summed E-state index contributed by atoms with van der Waals surface area (Å²) in [4.78, 5) is 23.7. The van der Waals surface area contributed by atoms with Crippen molar-refractivity contribution in [2.75, 3.05) is 19.0 Å². The van der Waals surface area contributed by atoms with Crippen LogP contribution in [-0.2, 0) is 11.2 Å². The van der Waals surface area contributed by atoms with Crippen molar-refractivity contribution in [3.63, 3.8) is 0 Å². The summed E-state index contributed by atoms with van der Waals surface area (Å²) in [6, 6.07) is 14.7. The molecule has 0 saturated carbocycles. The van der Waals surface area contributed by atoms with E-state index < -0.39 is 0 Å². The van der Waals surface area contributed by atoms with E-state index in [2.05, 4.69) is 24.5 Å². The minimum absolute atomic E-state index is 0.0176. The molecule has 2 N–H and O–H groups in total. The predicted octanol–water partition coefficient (Wildman–Crippen LogP) is 4.04. The Hall–Kier alpha value is -2.82. The van der Waals surface area contributed by atoms with E-state index in [1.165, 1.54) is 0 Å². The second kappa shape index (κ2) is 10.4. The molecular weight excluding hydrogens is 340 g/mol. The lowest BCUT2D eigenvalue weighted by Crippen LogP contribution is -2.17. The van der Waals surface area contributed by atoms with Crippen molar-refractivity contribution in [3.8, 4) is 5.75 Å². The van der Waals surface area contributed by atoms with E-state index >= 15 is 0 Å². The lowest BCUT2D eigenvalue weighted by molar-refractivity contribution is -0.120. The maximum absolute atomic E-state index is 12.4. The van der Waals surface area contributed by atoms with Gasteiger partial charge in [-0.15, -0.1) is 0 Å². The molecule has 0 aromatic heterocycles. The number of hydrogen-bond donors (Lipinski definition) is 2. The first-order valence-corrected chi connectivity index (χ1v) is 9.31. The first-order chi connectivity index (χ1) is 13.0. The zero-order chi connectivity index (χ0) is 19.6. The summed E-state index contributed by atoms with van der Waals surface area (Å²) in [5, 5.41) is 5.49. The van der Waals surface area contributed by atoms with Gasteiger partial charge >= 0.3 is 0 Å². The Balaban J connectivity index is 1.86. The van der Waals surface area contributed by atoms with E-state index in [0.717, 1.165) is 23.4 Å². The quantitative estimate of drug-likeness (QED) is 0.702. The second-order valence-electron chi connectivity index (χ2n) is 6.88. The molecule has 0 heterocycles. The number of aryl methyl sites for hydroxylation is 1. The molecule has 0 aliphatic rings. The number of hydrogen-bond acceptors (Lipinski definition) is 3. The highest BCUT2D eigenvalue weighted by Gasteiger charge is 2.07. The van der Waals surface area contributed by atoms with Gasteiger partial charge in [-0.05, 0) is 60.7 Å². The molecule has 144 valence electrons. The molecule has 0 aliphatic carbocycles. The van der Waals surface area contributed by atoms with Crippen molar-refractivity contribution in [3.05, 3.63) is 59.7 Å². The van der Waals surface area contributed by atoms with Crippen LogP contribution < -0.4 is 15.4 Å². The number of anilines is 1. The minimum Gasteiger partial charge on any atom is -0.494 e. The molecule has 5 heteroatoms. The van der Waals surface area contributed by atoms with Crippen molar-refractivity contribution in [1.29, 1.82) is 0 Å². The van der Waals surface area contributed by atoms with Crippen LogP contribution in [0.25, 0.3) is 0 Å². The Labute approximate surface area is 161 Å². The average molecular weight is 368 g/mol. The maximum Gasteiger partial charge on any atom is 0.255 e. The van der Waals surface area contributed by atoms with Crippen LogP contribution in [0.3, 0.4) is 0 Å². The molecule has 0 saturated heterocycles. The van der Waals surface area contributed by atoms with Crippen molar-refractivity contribution in [1.82, 2.24) is 5.32 Å². The molecule has 0 spiro atoms. The minimum atomic E-state index is -0.165. The van der Waals surface area contributed by atoms with Crippen LogP contribution >= 0.6 is 0 Å². The topological polar surface area (TPSA) is 67.4 Å². The molecule has 2 aromatic rings. The highest BCUT2D eigenvalue weighted by atomic mass is 16.5. The molecule has 0 unspecified atom stereocenters. The van der Waals surface area contributed by atoms with Crippen LogP contribution in [0, 0.1) is 5.92 Å². The Bertz CT molecular complexity index is 737. The van der Waals surface area contributed by atoms with Crippen molar-refractivity contribution < 1.29 is 14.3 Å². The number of carbonyl (C=O) groups excluding carboxylic acids is 2. The first kappa shape index (κ1) is 20.5. The summed E-state index contributed by atoms with van der Waals surface area (Å²) in [5.74, 6) is 1.23. The Morgan fingerprint density at radius 2 is 1.67 bits per heavy atom. The van der Waals surface area contributed by atoms with Crippen LogP contribution in [0.5, 0.6) is 5.75 Å².